The molecule has 0 aromatic carbocycles. The molecule has 0 bridgehead atoms. The quantitative estimate of drug-likeness (QED) is 0.805. The average Bonchev–Trinajstić information content (AvgIpc) is 3.06. The number of hydrogen-bond donors (Lipinski definition) is 2. The Balaban J connectivity index is 1.72. The summed E-state index contributed by atoms with van der Waals surface area (Å²) >= 11 is 0. The van der Waals surface area contributed by atoms with Crippen LogP contribution in [0.4, 0.5) is 11.5 Å². The molecule has 0 aliphatic carbocycles. The molecule has 1 saturated heterocycles. The third-order valence-electron chi connectivity index (χ3n) is 4.11. The van der Waals surface area contributed by atoms with Crippen molar-refractivity contribution in [2.24, 2.45) is 0 Å². The van der Waals surface area contributed by atoms with Crippen LogP contribution in [0.1, 0.15) is 19.8 Å². The second-order valence-corrected chi connectivity index (χ2v) is 5.78. The van der Waals surface area contributed by atoms with Gasteiger partial charge in [0.15, 0.2) is 17.7 Å². The van der Waals surface area contributed by atoms with Crippen molar-refractivity contribution in [3.8, 4) is 0 Å². The van der Waals surface area contributed by atoms with Crippen LogP contribution >= 0.6 is 0 Å². The number of aromatic nitrogens is 3. The van der Waals surface area contributed by atoms with Crippen molar-refractivity contribution in [1.82, 2.24) is 15.0 Å². The first-order valence-corrected chi connectivity index (χ1v) is 7.89. The Morgan fingerprint density at radius 2 is 2.33 bits per heavy atom. The molecule has 0 radical (unpaired) electrons. The predicted octanol–water partition coefficient (Wildman–Crippen LogP) is 0.974. The number of hydrogen-bond acceptors (Lipinski definition) is 8. The lowest BCUT2D eigenvalue weighted by atomic mass is 10.2. The Hall–Kier alpha value is -2.58. The van der Waals surface area contributed by atoms with Crippen LogP contribution in [0, 0.1) is 0 Å². The summed E-state index contributed by atoms with van der Waals surface area (Å²) in [6, 6.07) is 3.01. The van der Waals surface area contributed by atoms with E-state index < -0.39 is 12.3 Å². The Kier molecular flexibility index (Phi) is 3.62. The molecule has 2 aromatic rings. The van der Waals surface area contributed by atoms with Crippen LogP contribution < -0.4 is 16.0 Å². The van der Waals surface area contributed by atoms with Gasteiger partial charge in [0.25, 0.3) is 5.56 Å². The van der Waals surface area contributed by atoms with Crippen LogP contribution in [0.5, 0.6) is 0 Å². The van der Waals surface area contributed by atoms with Gasteiger partial charge >= 0.3 is 0 Å². The molecule has 4 rings (SSSR count). The molecule has 24 heavy (non-hydrogen) atoms. The molecule has 8 nitrogen and oxygen atoms in total. The van der Waals surface area contributed by atoms with Gasteiger partial charge in [0.2, 0.25) is 0 Å². The van der Waals surface area contributed by atoms with Gasteiger partial charge in [0.1, 0.15) is 12.4 Å². The molecule has 0 amide bonds. The zero-order chi connectivity index (χ0) is 16.7. The molecule has 2 aliphatic heterocycles. The molecule has 2 aliphatic rings. The van der Waals surface area contributed by atoms with Crippen LogP contribution in [0.3, 0.4) is 0 Å². The van der Waals surface area contributed by atoms with Crippen molar-refractivity contribution >= 4 is 22.5 Å². The Labute approximate surface area is 137 Å². The monoisotopic (exact) mass is 327 g/mol. The molecule has 0 spiro atoms. The molecule has 2 aromatic heterocycles. The zero-order valence-corrected chi connectivity index (χ0v) is 13.1. The smallest absolute Gasteiger partial charge is 0.271 e. The summed E-state index contributed by atoms with van der Waals surface area (Å²) in [6.07, 6.45) is 5.38. The second kappa shape index (κ2) is 5.81. The van der Waals surface area contributed by atoms with Gasteiger partial charge in [-0.05, 0) is 12.5 Å². The summed E-state index contributed by atoms with van der Waals surface area (Å²) < 4.78 is 5.95. The Morgan fingerprint density at radius 3 is 3.17 bits per heavy atom. The number of nitrogens with zero attached hydrogens (tertiary/aromatic N) is 4. The molecule has 0 saturated carbocycles. The lowest BCUT2D eigenvalue weighted by Crippen LogP contribution is -2.44. The zero-order valence-electron chi connectivity index (χ0n) is 13.1. The van der Waals surface area contributed by atoms with E-state index in [-0.39, 0.29) is 11.7 Å². The fraction of sp³-hybridized carbons (Fsp3) is 0.375. The van der Waals surface area contributed by atoms with Crippen LogP contribution in [0.2, 0.25) is 0 Å². The highest BCUT2D eigenvalue weighted by Gasteiger charge is 2.40. The topological polar surface area (TPSA) is 100 Å². The minimum Gasteiger partial charge on any atom is -0.388 e. The van der Waals surface area contributed by atoms with Crippen molar-refractivity contribution in [3.63, 3.8) is 0 Å². The van der Waals surface area contributed by atoms with E-state index in [2.05, 4.69) is 20.4 Å². The van der Waals surface area contributed by atoms with E-state index in [0.29, 0.717) is 29.0 Å². The largest absolute Gasteiger partial charge is 0.388 e. The second-order valence-electron chi connectivity index (χ2n) is 5.78. The highest BCUT2D eigenvalue weighted by atomic mass is 16.5. The maximum Gasteiger partial charge on any atom is 0.271 e. The summed E-state index contributed by atoms with van der Waals surface area (Å²) in [4.78, 5) is 23.9. The standard InChI is InChI=1S/C16H17N5O3/c1-2-3-4-9-7-11(22)16(24-9)21-15-13-10(20-21)5-6-12(23)19-14(13)17-8-18-15/h3-6,8-9,11,16,20,22H,2,7H2,1H3/b4-3+/t9-,11-,16-/m1/s1. The summed E-state index contributed by atoms with van der Waals surface area (Å²) in [5.74, 6) is 0.544. The molecule has 4 heterocycles. The lowest BCUT2D eigenvalue weighted by Gasteiger charge is -2.27. The molecule has 2 N–H and O–H groups in total. The van der Waals surface area contributed by atoms with Gasteiger partial charge < -0.3 is 9.84 Å². The number of ether oxygens (including phenoxy) is 1. The van der Waals surface area contributed by atoms with Gasteiger partial charge in [0.05, 0.1) is 17.2 Å². The molecular formula is C16H17N5O3. The minimum absolute atomic E-state index is 0.143. The van der Waals surface area contributed by atoms with Crippen molar-refractivity contribution in [1.29, 1.82) is 0 Å². The molecule has 1 fully saturated rings. The van der Waals surface area contributed by atoms with Gasteiger partial charge in [0, 0.05) is 12.5 Å². The molecule has 8 heteroatoms. The van der Waals surface area contributed by atoms with E-state index in [4.69, 9.17) is 4.74 Å². The summed E-state index contributed by atoms with van der Waals surface area (Å²) in [6.45, 7) is 2.05. The van der Waals surface area contributed by atoms with Crippen LogP contribution in [0.15, 0.2) is 35.4 Å². The van der Waals surface area contributed by atoms with Crippen LogP contribution in [-0.4, -0.2) is 38.5 Å². The van der Waals surface area contributed by atoms with Crippen molar-refractivity contribution in [2.75, 3.05) is 10.4 Å². The molecule has 124 valence electrons. The van der Waals surface area contributed by atoms with Crippen molar-refractivity contribution in [3.05, 3.63) is 41.0 Å². The summed E-state index contributed by atoms with van der Waals surface area (Å²) in [5.41, 5.74) is 3.76. The highest BCUT2D eigenvalue weighted by molar-refractivity contribution is 6.01. The third-order valence-corrected chi connectivity index (χ3v) is 4.11. The molecular weight excluding hydrogens is 310 g/mol. The van der Waals surface area contributed by atoms with Crippen molar-refractivity contribution < 1.29 is 9.84 Å². The van der Waals surface area contributed by atoms with Crippen molar-refractivity contribution in [2.45, 2.75) is 38.2 Å². The maximum absolute atomic E-state index is 11.6. The fourth-order valence-corrected chi connectivity index (χ4v) is 3.04. The number of aliphatic hydroxyl groups excluding tert-OH is 1. The SMILES string of the molecule is CC/C=C/[C@@H]1C[C@@H](O)[C@H](N2Nc3ccc(=O)nc4ncnc2c34)O1. The van der Waals surface area contributed by atoms with E-state index >= 15 is 0 Å². The number of nitrogens with one attached hydrogen (secondary N) is 1. The van der Waals surface area contributed by atoms with Gasteiger partial charge in [-0.15, -0.1) is 0 Å². The number of hydrazine groups is 1. The first-order valence-electron chi connectivity index (χ1n) is 7.89. The highest BCUT2D eigenvalue weighted by Crippen LogP contribution is 2.38. The van der Waals surface area contributed by atoms with E-state index in [1.807, 2.05) is 19.1 Å². The van der Waals surface area contributed by atoms with Gasteiger partial charge in [-0.1, -0.05) is 19.1 Å². The normalized spacial score (nSPS) is 25.6. The average molecular weight is 327 g/mol. The van der Waals surface area contributed by atoms with E-state index in [1.165, 1.54) is 12.4 Å². The fourth-order valence-electron chi connectivity index (χ4n) is 3.04. The van der Waals surface area contributed by atoms with E-state index in [9.17, 15) is 9.90 Å². The lowest BCUT2D eigenvalue weighted by molar-refractivity contribution is 0.0256. The number of anilines is 2. The number of rotatable bonds is 3. The van der Waals surface area contributed by atoms with Gasteiger partial charge in [-0.2, -0.15) is 4.98 Å². The Morgan fingerprint density at radius 1 is 1.46 bits per heavy atom. The van der Waals surface area contributed by atoms with Gasteiger partial charge in [-0.3, -0.25) is 10.2 Å². The summed E-state index contributed by atoms with van der Waals surface area (Å²) in [7, 11) is 0. The first kappa shape index (κ1) is 15.0. The maximum atomic E-state index is 11.6. The minimum atomic E-state index is -0.667. The Bertz CT molecular complexity index is 872. The van der Waals surface area contributed by atoms with Crippen LogP contribution in [0.25, 0.3) is 11.0 Å². The number of aliphatic hydroxyl groups is 1. The predicted molar refractivity (Wildman–Crippen MR) is 88.4 cm³/mol. The van der Waals surface area contributed by atoms with E-state index in [0.717, 1.165) is 6.42 Å². The van der Waals surface area contributed by atoms with E-state index in [1.54, 1.807) is 11.1 Å². The van der Waals surface area contributed by atoms with Gasteiger partial charge in [-0.25, -0.2) is 15.0 Å². The number of allylic oxidation sites excluding steroid dienone is 1. The third kappa shape index (κ3) is 2.40. The molecule has 3 atom stereocenters. The van der Waals surface area contributed by atoms with Crippen LogP contribution in [-0.2, 0) is 4.74 Å². The summed E-state index contributed by atoms with van der Waals surface area (Å²) in [5, 5.41) is 12.7. The first-order chi connectivity index (χ1) is 11.7. The molecule has 0 unspecified atom stereocenters.